The molecule has 0 saturated carbocycles. The molecule has 6 aromatic rings. The van der Waals surface area contributed by atoms with E-state index in [2.05, 4.69) is 9.97 Å². The molecule has 0 radical (unpaired) electrons. The molecule has 8 atom stereocenters. The Morgan fingerprint density at radius 3 is 0.868 bits per heavy atom. The van der Waals surface area contributed by atoms with Gasteiger partial charge in [0.1, 0.15) is 0 Å². The molecule has 0 spiro atoms. The Morgan fingerprint density at radius 1 is 0.408 bits per heavy atom. The third-order valence-electron chi connectivity index (χ3n) is 15.7. The third-order valence-corrected chi connectivity index (χ3v) is 15.7. The molecule has 0 amide bonds. The molecule has 6 aromatic heterocycles. The fourth-order valence-corrected chi connectivity index (χ4v) is 12.8. The molecule has 20 heteroatoms. The lowest BCUT2D eigenvalue weighted by Crippen LogP contribution is -2.77. The number of rotatable bonds is 15. The molecule has 0 aliphatic carbocycles. The van der Waals surface area contributed by atoms with Crippen molar-refractivity contribution in [2.75, 3.05) is 67.7 Å². The maximum Gasteiger partial charge on any atom is 0.322 e. The molecule has 8 unspecified atom stereocenters. The van der Waals surface area contributed by atoms with E-state index in [0.717, 1.165) is 0 Å². The molecule has 0 aromatic carbocycles. The van der Waals surface area contributed by atoms with E-state index in [-0.39, 0.29) is 52.4 Å². The van der Waals surface area contributed by atoms with Crippen molar-refractivity contribution in [1.29, 1.82) is 0 Å². The number of methoxy groups -OCH3 is 4. The topological polar surface area (TPSA) is 230 Å². The summed E-state index contributed by atoms with van der Waals surface area (Å²) < 4.78 is 22.6. The SMILES string of the molecule is COC(=O)C12CN(CCN3CC4(C(=O)OC)C(=O)C(C(=O)OC)(C3)C(c3ccccn3)N(Cc3ccccn3)C4c3ccccn3)CC(C(=O)OC)(C1=O)C(c1ccccn1)N(Cc1ccccn1)C2c1ccccn1. The normalized spacial score (nSPS) is 27.7. The number of likely N-dealkylation sites (tertiary alicyclic amines) is 4. The van der Waals surface area contributed by atoms with Crippen LogP contribution in [0.25, 0.3) is 0 Å². The number of carbonyl (C=O) groups is 6. The van der Waals surface area contributed by atoms with Gasteiger partial charge < -0.3 is 18.9 Å². The quantitative estimate of drug-likeness (QED) is 0.0810. The smallest absolute Gasteiger partial charge is 0.322 e. The van der Waals surface area contributed by atoms with Crippen LogP contribution in [0.1, 0.15) is 58.3 Å². The van der Waals surface area contributed by atoms with Crippen molar-refractivity contribution < 1.29 is 47.7 Å². The van der Waals surface area contributed by atoms with Crippen LogP contribution in [0.2, 0.25) is 0 Å². The number of pyridine rings is 6. The van der Waals surface area contributed by atoms with Crippen LogP contribution in [0.3, 0.4) is 0 Å². The van der Waals surface area contributed by atoms with Gasteiger partial charge in [0.2, 0.25) is 0 Å². The van der Waals surface area contributed by atoms with Crippen LogP contribution in [0, 0.1) is 21.7 Å². The Balaban J connectivity index is 1.15. The minimum Gasteiger partial charge on any atom is -0.468 e. The van der Waals surface area contributed by atoms with Crippen molar-refractivity contribution in [2.45, 2.75) is 37.3 Å². The first-order valence-corrected chi connectivity index (χ1v) is 24.8. The third kappa shape index (κ3) is 8.14. The number of ether oxygens (including phenoxy) is 4. The number of Topliss-reactive ketones (excluding diaryl/α,β-unsaturated/α-hetero) is 2. The second-order valence-electron chi connectivity index (χ2n) is 19.5. The van der Waals surface area contributed by atoms with E-state index in [1.165, 1.54) is 28.4 Å². The molecular weight excluding hydrogens is 973 g/mol. The summed E-state index contributed by atoms with van der Waals surface area (Å²) in [7, 11) is 4.78. The zero-order valence-corrected chi connectivity index (χ0v) is 42.4. The number of aromatic nitrogens is 6. The summed E-state index contributed by atoms with van der Waals surface area (Å²) in [6.45, 7) is -1.07. The summed E-state index contributed by atoms with van der Waals surface area (Å²) in [5.41, 5.74) is -6.07. The first-order chi connectivity index (χ1) is 37.0. The minimum atomic E-state index is -2.15. The number of piperidine rings is 4. The molecular formula is C56H56N10O10. The van der Waals surface area contributed by atoms with Crippen LogP contribution in [0.5, 0.6) is 0 Å². The number of hydrogen-bond donors (Lipinski definition) is 0. The zero-order chi connectivity index (χ0) is 53.2. The van der Waals surface area contributed by atoms with Gasteiger partial charge in [-0.05, 0) is 72.8 Å². The van der Waals surface area contributed by atoms with Gasteiger partial charge in [-0.15, -0.1) is 0 Å². The highest BCUT2D eigenvalue weighted by molar-refractivity contribution is 6.18. The van der Waals surface area contributed by atoms with Crippen LogP contribution in [-0.4, -0.2) is 153 Å². The average molecular weight is 1030 g/mol. The summed E-state index contributed by atoms with van der Waals surface area (Å²) in [5, 5.41) is 0. The summed E-state index contributed by atoms with van der Waals surface area (Å²) in [5.74, 6) is -5.09. The zero-order valence-electron chi connectivity index (χ0n) is 42.4. The Labute approximate surface area is 438 Å². The molecule has 4 aliphatic heterocycles. The number of esters is 4. The maximum atomic E-state index is 16.1. The molecule has 10 rings (SSSR count). The van der Waals surface area contributed by atoms with Crippen LogP contribution < -0.4 is 0 Å². The number of hydrogen-bond acceptors (Lipinski definition) is 20. The average Bonchev–Trinajstić information content (AvgIpc) is 3.64. The van der Waals surface area contributed by atoms with Gasteiger partial charge in [0.15, 0.2) is 33.2 Å². The van der Waals surface area contributed by atoms with E-state index in [1.807, 2.05) is 43.9 Å². The molecule has 4 bridgehead atoms. The summed E-state index contributed by atoms with van der Waals surface area (Å²) in [6, 6.07) is 26.9. The Hall–Kier alpha value is -8.04. The van der Waals surface area contributed by atoms with Gasteiger partial charge in [-0.25, -0.2) is 0 Å². The largest absolute Gasteiger partial charge is 0.468 e. The molecule has 10 heterocycles. The van der Waals surface area contributed by atoms with E-state index >= 15 is 28.8 Å². The Morgan fingerprint density at radius 2 is 0.658 bits per heavy atom. The van der Waals surface area contributed by atoms with Gasteiger partial charge in [0.25, 0.3) is 0 Å². The molecule has 20 nitrogen and oxygen atoms in total. The number of ketones is 2. The second-order valence-corrected chi connectivity index (χ2v) is 19.5. The second kappa shape index (κ2) is 20.9. The number of nitrogens with zero attached hydrogens (tertiary/aromatic N) is 10. The van der Waals surface area contributed by atoms with Gasteiger partial charge >= 0.3 is 23.9 Å². The van der Waals surface area contributed by atoms with Crippen molar-refractivity contribution in [2.24, 2.45) is 21.7 Å². The number of fused-ring (bicyclic) bond motifs is 4. The van der Waals surface area contributed by atoms with E-state index in [9.17, 15) is 0 Å². The maximum absolute atomic E-state index is 16.1. The Kier molecular flexibility index (Phi) is 14.2. The summed E-state index contributed by atoms with van der Waals surface area (Å²) in [6.07, 6.45) is 9.55. The number of carbonyl (C=O) groups excluding carboxylic acids is 6. The minimum absolute atomic E-state index is 0.00224. The molecule has 76 heavy (non-hydrogen) atoms. The predicted octanol–water partition coefficient (Wildman–Crippen LogP) is 3.76. The van der Waals surface area contributed by atoms with Gasteiger partial charge in [-0.3, -0.25) is 78.3 Å². The predicted molar refractivity (Wildman–Crippen MR) is 268 cm³/mol. The highest BCUT2D eigenvalue weighted by Gasteiger charge is 2.78. The molecule has 0 N–H and O–H groups in total. The summed E-state index contributed by atoms with van der Waals surface area (Å²) >= 11 is 0. The highest BCUT2D eigenvalue weighted by atomic mass is 16.5. The van der Waals surface area contributed by atoms with Crippen molar-refractivity contribution in [3.63, 3.8) is 0 Å². The van der Waals surface area contributed by atoms with Crippen LogP contribution >= 0.6 is 0 Å². The van der Waals surface area contributed by atoms with Crippen molar-refractivity contribution in [3.8, 4) is 0 Å². The standard InChI is InChI=1S/C56H56N10O10/c1-73-49(69)53-33-63(34-54(47(53)67,50(70)74-2)44(40-20-8-14-26-60-40)65(31-37-17-5-11-23-57-37)43(53)39-19-7-13-25-59-39)29-30-64-35-55(51(71)75-3)45(41-21-9-15-27-61-41)66(32-38-18-6-12-24-58-38)46(42-22-10-16-28-62-42)56(36-64,48(55)68)52(72)76-4/h5-28,43-46H,29-36H2,1-4H3. The van der Waals surface area contributed by atoms with E-state index in [1.54, 1.807) is 122 Å². The lowest BCUT2D eigenvalue weighted by atomic mass is 9.54. The van der Waals surface area contributed by atoms with Crippen LogP contribution in [0.15, 0.2) is 146 Å². The first kappa shape index (κ1) is 51.4. The van der Waals surface area contributed by atoms with E-state index in [0.29, 0.717) is 34.2 Å². The van der Waals surface area contributed by atoms with E-state index < -0.39 is 81.3 Å². The van der Waals surface area contributed by atoms with Gasteiger partial charge in [-0.2, -0.15) is 0 Å². The van der Waals surface area contributed by atoms with Gasteiger partial charge in [-0.1, -0.05) is 36.4 Å². The van der Waals surface area contributed by atoms with Crippen LogP contribution in [0.4, 0.5) is 0 Å². The van der Waals surface area contributed by atoms with E-state index in [4.69, 9.17) is 38.9 Å². The molecule has 4 fully saturated rings. The summed E-state index contributed by atoms with van der Waals surface area (Å²) in [4.78, 5) is 129. The fourth-order valence-electron chi connectivity index (χ4n) is 12.8. The lowest BCUT2D eigenvalue weighted by molar-refractivity contribution is -0.211. The molecule has 4 aliphatic rings. The van der Waals surface area contributed by atoms with Gasteiger partial charge in [0, 0.05) is 89.5 Å². The highest BCUT2D eigenvalue weighted by Crippen LogP contribution is 2.63. The lowest BCUT2D eigenvalue weighted by Gasteiger charge is -2.62. The Bertz CT molecular complexity index is 2730. The van der Waals surface area contributed by atoms with Crippen molar-refractivity contribution >= 4 is 35.4 Å². The van der Waals surface area contributed by atoms with Crippen molar-refractivity contribution in [1.82, 2.24) is 49.5 Å². The van der Waals surface area contributed by atoms with Crippen molar-refractivity contribution in [3.05, 3.63) is 181 Å². The molecule has 390 valence electrons. The van der Waals surface area contributed by atoms with Crippen LogP contribution in [-0.2, 0) is 60.8 Å². The fraction of sp³-hybridized carbons (Fsp3) is 0.357. The first-order valence-electron chi connectivity index (χ1n) is 24.8. The monoisotopic (exact) mass is 1030 g/mol. The molecule has 4 saturated heterocycles. The van der Waals surface area contributed by atoms with Gasteiger partial charge in [0.05, 0.1) is 86.8 Å².